The van der Waals surface area contributed by atoms with Crippen molar-refractivity contribution in [1.82, 2.24) is 10.6 Å². The summed E-state index contributed by atoms with van der Waals surface area (Å²) in [5.41, 5.74) is 6.74. The van der Waals surface area contributed by atoms with Gasteiger partial charge in [0.1, 0.15) is 5.82 Å². The van der Waals surface area contributed by atoms with Gasteiger partial charge in [-0.15, -0.1) is 35.7 Å². The van der Waals surface area contributed by atoms with Crippen LogP contribution in [0.3, 0.4) is 0 Å². The third-order valence-electron chi connectivity index (χ3n) is 3.70. The maximum Gasteiger partial charge on any atom is 0.248 e. The summed E-state index contributed by atoms with van der Waals surface area (Å²) in [6.45, 7) is 4.10. The molecule has 0 aliphatic rings. The van der Waals surface area contributed by atoms with Crippen molar-refractivity contribution in [3.8, 4) is 0 Å². The fourth-order valence-electron chi connectivity index (χ4n) is 2.29. The van der Waals surface area contributed by atoms with Crippen molar-refractivity contribution in [2.75, 3.05) is 18.8 Å². The molecule has 152 valence electrons. The SMILES string of the molecule is CCNC(=NCc1ccc(C(N)=O)cc1)NCCCSc1ccc(F)cc1.I. The van der Waals surface area contributed by atoms with Gasteiger partial charge in [-0.1, -0.05) is 12.1 Å². The van der Waals surface area contributed by atoms with Gasteiger partial charge in [0, 0.05) is 23.5 Å². The number of nitrogens with zero attached hydrogens (tertiary/aromatic N) is 1. The first-order valence-corrected chi connectivity index (χ1v) is 9.86. The van der Waals surface area contributed by atoms with Crippen LogP contribution in [0, 0.1) is 5.82 Å². The number of nitrogens with two attached hydrogens (primary N) is 1. The average molecular weight is 516 g/mol. The molecule has 1 amide bonds. The van der Waals surface area contributed by atoms with Crippen LogP contribution in [-0.2, 0) is 6.54 Å². The average Bonchev–Trinajstić information content (AvgIpc) is 2.67. The minimum Gasteiger partial charge on any atom is -0.366 e. The predicted octanol–water partition coefficient (Wildman–Crippen LogP) is 3.78. The second kappa shape index (κ2) is 13.4. The maximum atomic E-state index is 12.9. The third kappa shape index (κ3) is 8.92. The Morgan fingerprint density at radius 2 is 1.79 bits per heavy atom. The van der Waals surface area contributed by atoms with Gasteiger partial charge < -0.3 is 16.4 Å². The molecule has 0 spiro atoms. The molecule has 0 unspecified atom stereocenters. The standard InChI is InChI=1S/C20H25FN4OS.HI/c1-2-23-20(25-14-15-4-6-16(7-5-15)19(22)26)24-12-3-13-27-18-10-8-17(21)9-11-18;/h4-11H,2-3,12-14H2,1H3,(H2,22,26)(H2,23,24,25);1H. The molecule has 2 rings (SSSR count). The Kier molecular flexibility index (Phi) is 11.6. The van der Waals surface area contributed by atoms with E-state index in [9.17, 15) is 9.18 Å². The van der Waals surface area contributed by atoms with Crippen LogP contribution in [0.2, 0.25) is 0 Å². The Morgan fingerprint density at radius 1 is 1.11 bits per heavy atom. The first kappa shape index (κ1) is 24.2. The molecular weight excluding hydrogens is 490 g/mol. The highest BCUT2D eigenvalue weighted by atomic mass is 127. The molecule has 0 saturated carbocycles. The smallest absolute Gasteiger partial charge is 0.248 e. The van der Waals surface area contributed by atoms with E-state index in [4.69, 9.17) is 5.73 Å². The number of thioether (sulfide) groups is 1. The van der Waals surface area contributed by atoms with Gasteiger partial charge in [-0.3, -0.25) is 4.79 Å². The molecule has 0 bridgehead atoms. The summed E-state index contributed by atoms with van der Waals surface area (Å²) < 4.78 is 12.9. The van der Waals surface area contributed by atoms with Crippen LogP contribution in [-0.4, -0.2) is 30.7 Å². The van der Waals surface area contributed by atoms with Gasteiger partial charge in [-0.25, -0.2) is 9.38 Å². The Labute approximate surface area is 186 Å². The summed E-state index contributed by atoms with van der Waals surface area (Å²) in [6, 6.07) is 13.7. The zero-order chi connectivity index (χ0) is 19.5. The van der Waals surface area contributed by atoms with Crippen molar-refractivity contribution in [1.29, 1.82) is 0 Å². The van der Waals surface area contributed by atoms with E-state index in [0.29, 0.717) is 12.1 Å². The molecule has 0 aliphatic carbocycles. The molecule has 4 N–H and O–H groups in total. The number of halogens is 2. The van der Waals surface area contributed by atoms with Crippen molar-refractivity contribution in [2.24, 2.45) is 10.7 Å². The van der Waals surface area contributed by atoms with Crippen LogP contribution in [0.25, 0.3) is 0 Å². The van der Waals surface area contributed by atoms with Crippen molar-refractivity contribution in [3.63, 3.8) is 0 Å². The zero-order valence-corrected chi connectivity index (χ0v) is 18.9. The second-order valence-corrected chi connectivity index (χ2v) is 7.01. The number of benzene rings is 2. The van der Waals surface area contributed by atoms with Gasteiger partial charge >= 0.3 is 0 Å². The number of guanidine groups is 1. The van der Waals surface area contributed by atoms with Crippen molar-refractivity contribution in [2.45, 2.75) is 24.8 Å². The van der Waals surface area contributed by atoms with Gasteiger partial charge in [0.25, 0.3) is 0 Å². The molecule has 28 heavy (non-hydrogen) atoms. The minimum absolute atomic E-state index is 0. The highest BCUT2D eigenvalue weighted by Gasteiger charge is 2.01. The Morgan fingerprint density at radius 3 is 2.39 bits per heavy atom. The number of aliphatic imine (C=N–C) groups is 1. The number of amides is 1. The normalized spacial score (nSPS) is 10.9. The monoisotopic (exact) mass is 516 g/mol. The van der Waals surface area contributed by atoms with Gasteiger partial charge in [0.05, 0.1) is 6.54 Å². The van der Waals surface area contributed by atoms with E-state index < -0.39 is 5.91 Å². The number of rotatable bonds is 9. The van der Waals surface area contributed by atoms with Gasteiger partial charge in [0.2, 0.25) is 5.91 Å². The molecule has 0 heterocycles. The molecule has 0 aliphatic heterocycles. The fraction of sp³-hybridized carbons (Fsp3) is 0.300. The molecule has 2 aromatic rings. The van der Waals surface area contributed by atoms with Crippen LogP contribution in [0.1, 0.15) is 29.3 Å². The zero-order valence-electron chi connectivity index (χ0n) is 15.8. The lowest BCUT2D eigenvalue weighted by atomic mass is 10.1. The van der Waals surface area contributed by atoms with Gasteiger partial charge in [-0.05, 0) is 61.1 Å². The molecule has 0 atom stereocenters. The topological polar surface area (TPSA) is 79.5 Å². The number of carbonyl (C=O) groups is 1. The van der Waals surface area contributed by atoms with E-state index in [0.717, 1.165) is 41.7 Å². The van der Waals surface area contributed by atoms with Crippen LogP contribution in [0.15, 0.2) is 58.4 Å². The molecular formula is C20H26FIN4OS. The van der Waals surface area contributed by atoms with E-state index in [1.54, 1.807) is 36.0 Å². The number of primary amides is 1. The highest BCUT2D eigenvalue weighted by molar-refractivity contribution is 14.0. The molecule has 5 nitrogen and oxygen atoms in total. The summed E-state index contributed by atoms with van der Waals surface area (Å²) in [5.74, 6) is 1.05. The van der Waals surface area contributed by atoms with Crippen LogP contribution >= 0.6 is 35.7 Å². The van der Waals surface area contributed by atoms with Crippen LogP contribution < -0.4 is 16.4 Å². The largest absolute Gasteiger partial charge is 0.366 e. The lowest BCUT2D eigenvalue weighted by molar-refractivity contribution is 0.100. The van der Waals surface area contributed by atoms with Gasteiger partial charge in [0.15, 0.2) is 5.96 Å². The second-order valence-electron chi connectivity index (χ2n) is 5.84. The van der Waals surface area contributed by atoms with E-state index in [2.05, 4.69) is 15.6 Å². The Balaban J connectivity index is 0.00000392. The van der Waals surface area contributed by atoms with E-state index in [1.807, 2.05) is 19.1 Å². The molecule has 0 saturated heterocycles. The highest BCUT2D eigenvalue weighted by Crippen LogP contribution is 2.18. The molecule has 0 fully saturated rings. The predicted molar refractivity (Wildman–Crippen MR) is 125 cm³/mol. The number of carbonyl (C=O) groups excluding carboxylic acids is 1. The number of hydrogen-bond acceptors (Lipinski definition) is 3. The Hall–Kier alpha value is -1.81. The maximum absolute atomic E-state index is 12.9. The summed E-state index contributed by atoms with van der Waals surface area (Å²) >= 11 is 1.70. The molecule has 2 aromatic carbocycles. The first-order valence-electron chi connectivity index (χ1n) is 8.87. The summed E-state index contributed by atoms with van der Waals surface area (Å²) in [5, 5.41) is 6.52. The minimum atomic E-state index is -0.432. The lowest BCUT2D eigenvalue weighted by Gasteiger charge is -2.11. The fourth-order valence-corrected chi connectivity index (χ4v) is 3.14. The first-order chi connectivity index (χ1) is 13.1. The lowest BCUT2D eigenvalue weighted by Crippen LogP contribution is -2.37. The van der Waals surface area contributed by atoms with E-state index in [-0.39, 0.29) is 29.8 Å². The molecule has 0 aromatic heterocycles. The van der Waals surface area contributed by atoms with Crippen molar-refractivity contribution >= 4 is 47.6 Å². The van der Waals surface area contributed by atoms with Crippen molar-refractivity contribution < 1.29 is 9.18 Å². The van der Waals surface area contributed by atoms with Crippen molar-refractivity contribution in [3.05, 3.63) is 65.5 Å². The van der Waals surface area contributed by atoms with E-state index in [1.165, 1.54) is 12.1 Å². The van der Waals surface area contributed by atoms with Crippen LogP contribution in [0.5, 0.6) is 0 Å². The Bertz CT molecular complexity index is 754. The summed E-state index contributed by atoms with van der Waals surface area (Å²) in [7, 11) is 0. The third-order valence-corrected chi connectivity index (χ3v) is 4.80. The summed E-state index contributed by atoms with van der Waals surface area (Å²) in [6.07, 6.45) is 0.958. The van der Waals surface area contributed by atoms with Gasteiger partial charge in [-0.2, -0.15) is 0 Å². The quantitative estimate of drug-likeness (QED) is 0.156. The number of nitrogens with one attached hydrogen (secondary N) is 2. The van der Waals surface area contributed by atoms with Crippen LogP contribution in [0.4, 0.5) is 4.39 Å². The molecule has 0 radical (unpaired) electrons. The molecule has 8 heteroatoms. The number of hydrogen-bond donors (Lipinski definition) is 3. The summed E-state index contributed by atoms with van der Waals surface area (Å²) in [4.78, 5) is 16.7. The van der Waals surface area contributed by atoms with E-state index >= 15 is 0 Å².